The first-order chi connectivity index (χ1) is 39.6. The highest BCUT2D eigenvalue weighted by Crippen LogP contribution is 2.27. The summed E-state index contributed by atoms with van der Waals surface area (Å²) in [5, 5.41) is 31.6. The fraction of sp³-hybridized carbons (Fsp3) is 0.855. The van der Waals surface area contributed by atoms with E-state index in [0.29, 0.717) is 19.3 Å². The largest absolute Gasteiger partial charge is 0.479 e. The molecule has 0 aromatic heterocycles. The fourth-order valence-corrected chi connectivity index (χ4v) is 10.5. The molecule has 1 rings (SSSR count). The molecule has 3 N–H and O–H groups in total. The third kappa shape index (κ3) is 46.9. The van der Waals surface area contributed by atoms with Gasteiger partial charge in [-0.1, -0.05) is 269 Å². The van der Waals surface area contributed by atoms with Crippen LogP contribution in [0.15, 0.2) is 36.5 Å². The van der Waals surface area contributed by atoms with Gasteiger partial charge in [-0.15, -0.1) is 0 Å². The average molecular weight is 1150 g/mol. The van der Waals surface area contributed by atoms with Crippen LogP contribution in [0.1, 0.15) is 329 Å². The van der Waals surface area contributed by atoms with Gasteiger partial charge in [-0.25, -0.2) is 4.79 Å². The summed E-state index contributed by atoms with van der Waals surface area (Å²) in [6.07, 6.45) is 56.7. The van der Waals surface area contributed by atoms with E-state index in [-0.39, 0.29) is 25.9 Å². The van der Waals surface area contributed by atoms with E-state index in [0.717, 1.165) is 96.3 Å². The zero-order chi connectivity index (χ0) is 58.9. The predicted molar refractivity (Wildman–Crippen MR) is 331 cm³/mol. The maximum absolute atomic E-state index is 13.2. The second kappa shape index (κ2) is 57.4. The summed E-state index contributed by atoms with van der Waals surface area (Å²) in [5.74, 6) is -3.11. The molecule has 0 saturated carbocycles. The number of carboxylic acid groups (broad SMARTS) is 1. The molecule has 6 atom stereocenters. The van der Waals surface area contributed by atoms with Gasteiger partial charge in [0.15, 0.2) is 24.6 Å². The third-order valence-corrected chi connectivity index (χ3v) is 15.7. The highest BCUT2D eigenvalue weighted by Gasteiger charge is 2.50. The van der Waals surface area contributed by atoms with Crippen molar-refractivity contribution in [1.82, 2.24) is 0 Å². The minimum absolute atomic E-state index is 0.0472. The molecule has 1 heterocycles. The van der Waals surface area contributed by atoms with Crippen molar-refractivity contribution in [3.63, 3.8) is 0 Å². The maximum Gasteiger partial charge on any atom is 0.335 e. The van der Waals surface area contributed by atoms with Gasteiger partial charge in [-0.3, -0.25) is 14.4 Å². The molecule has 1 aliphatic heterocycles. The lowest BCUT2D eigenvalue weighted by atomic mass is 9.98. The van der Waals surface area contributed by atoms with Gasteiger partial charge in [0.05, 0.1) is 6.61 Å². The zero-order valence-corrected chi connectivity index (χ0v) is 52.3. The van der Waals surface area contributed by atoms with Gasteiger partial charge in [0.25, 0.3) is 0 Å². The molecule has 0 bridgehead atoms. The van der Waals surface area contributed by atoms with Crippen LogP contribution >= 0.6 is 0 Å². The Morgan fingerprint density at radius 1 is 0.407 bits per heavy atom. The first-order valence-corrected chi connectivity index (χ1v) is 34.0. The molecular weight excluding hydrogens is 1020 g/mol. The molecule has 0 aliphatic carbocycles. The zero-order valence-electron chi connectivity index (χ0n) is 52.3. The number of aliphatic hydroxyl groups is 2. The summed E-state index contributed by atoms with van der Waals surface area (Å²) in [5.41, 5.74) is 0. The number of aliphatic hydroxyl groups excluding tert-OH is 2. The van der Waals surface area contributed by atoms with E-state index in [1.54, 1.807) is 0 Å². The Hall–Kier alpha value is -3.06. The second-order valence-corrected chi connectivity index (χ2v) is 23.5. The minimum atomic E-state index is -1.91. The number of allylic oxidation sites excluding steroid dienone is 6. The van der Waals surface area contributed by atoms with Crippen LogP contribution in [0.2, 0.25) is 0 Å². The van der Waals surface area contributed by atoms with Crippen LogP contribution in [0.4, 0.5) is 0 Å². The van der Waals surface area contributed by atoms with Crippen molar-refractivity contribution in [2.24, 2.45) is 0 Å². The summed E-state index contributed by atoms with van der Waals surface area (Å²) < 4.78 is 28.6. The Labute approximate surface area is 495 Å². The summed E-state index contributed by atoms with van der Waals surface area (Å²) in [6.45, 7) is 6.01. The lowest BCUT2D eigenvalue weighted by Gasteiger charge is -2.40. The van der Waals surface area contributed by atoms with Crippen LogP contribution in [-0.2, 0) is 42.9 Å². The molecule has 81 heavy (non-hydrogen) atoms. The molecule has 0 aromatic rings. The number of carboxylic acids is 1. The average Bonchev–Trinajstić information content (AvgIpc) is 3.53. The van der Waals surface area contributed by atoms with Crippen LogP contribution in [0.3, 0.4) is 0 Å². The predicted octanol–water partition coefficient (Wildman–Crippen LogP) is 18.4. The number of rotatable bonds is 59. The second-order valence-electron chi connectivity index (χ2n) is 23.5. The van der Waals surface area contributed by atoms with E-state index in [4.69, 9.17) is 23.7 Å². The van der Waals surface area contributed by atoms with E-state index >= 15 is 0 Å². The number of unbranched alkanes of at least 4 members (excludes halogenated alkanes) is 39. The number of hydrogen-bond donors (Lipinski definition) is 3. The van der Waals surface area contributed by atoms with Crippen LogP contribution in [-0.4, -0.2) is 89.2 Å². The van der Waals surface area contributed by atoms with Gasteiger partial charge in [-0.2, -0.15) is 0 Å². The smallest absolute Gasteiger partial charge is 0.335 e. The van der Waals surface area contributed by atoms with Crippen molar-refractivity contribution in [3.8, 4) is 0 Å². The van der Waals surface area contributed by atoms with Crippen molar-refractivity contribution in [2.45, 2.75) is 366 Å². The molecule has 0 aromatic carbocycles. The fourth-order valence-electron chi connectivity index (χ4n) is 10.5. The molecule has 1 aliphatic rings. The molecule has 0 radical (unpaired) electrons. The van der Waals surface area contributed by atoms with E-state index in [9.17, 15) is 34.5 Å². The van der Waals surface area contributed by atoms with Gasteiger partial charge in [-0.05, 0) is 77.0 Å². The van der Waals surface area contributed by atoms with E-state index in [1.807, 2.05) is 0 Å². The first kappa shape index (κ1) is 76.0. The van der Waals surface area contributed by atoms with Crippen molar-refractivity contribution in [3.05, 3.63) is 36.5 Å². The van der Waals surface area contributed by atoms with E-state index in [1.165, 1.54) is 173 Å². The topological polar surface area (TPSA) is 175 Å². The van der Waals surface area contributed by atoms with Crippen molar-refractivity contribution in [1.29, 1.82) is 0 Å². The molecule has 0 spiro atoms. The number of carbonyl (C=O) groups is 4. The Bertz CT molecular complexity index is 1550. The normalized spacial score (nSPS) is 17.9. The van der Waals surface area contributed by atoms with E-state index in [2.05, 4.69) is 57.2 Å². The monoisotopic (exact) mass is 1140 g/mol. The van der Waals surface area contributed by atoms with Gasteiger partial charge >= 0.3 is 23.9 Å². The first-order valence-electron chi connectivity index (χ1n) is 34.0. The van der Waals surface area contributed by atoms with Gasteiger partial charge < -0.3 is 39.0 Å². The summed E-state index contributed by atoms with van der Waals surface area (Å²) >= 11 is 0. The molecular formula is C69H124O12. The highest BCUT2D eigenvalue weighted by atomic mass is 16.7. The Morgan fingerprint density at radius 2 is 0.741 bits per heavy atom. The number of esters is 3. The lowest BCUT2D eigenvalue weighted by molar-refractivity contribution is -0.301. The molecule has 0 amide bonds. The van der Waals surface area contributed by atoms with Crippen molar-refractivity contribution >= 4 is 23.9 Å². The molecule has 1 fully saturated rings. The van der Waals surface area contributed by atoms with Gasteiger partial charge in [0, 0.05) is 19.3 Å². The summed E-state index contributed by atoms with van der Waals surface area (Å²) in [6, 6.07) is 0. The highest BCUT2D eigenvalue weighted by molar-refractivity contribution is 5.74. The van der Waals surface area contributed by atoms with Crippen LogP contribution in [0.25, 0.3) is 0 Å². The van der Waals surface area contributed by atoms with Crippen molar-refractivity contribution < 1.29 is 58.2 Å². The standard InChI is InChI=1S/C69H124O12/c1-4-7-10-13-16-19-22-25-28-30-31-33-35-37-40-43-46-49-52-55-61(70)77-58-60(79-62(71)56-53-50-47-44-41-39-36-32-29-26-23-20-17-14-11-8-5-2)59-78-69-67(65(74)64(73)66(81-69)68(75)76)80-63(72)57-54-51-48-45-42-38-34-27-24-21-18-15-12-9-6-3/h18,21,26-27,29,34,60,64-67,69,73-74H,4-17,19-20,22-25,28,30-33,35-59H2,1-3H3,(H,75,76)/b21-18-,29-26-,34-27-. The number of aliphatic carboxylic acids is 1. The van der Waals surface area contributed by atoms with Crippen LogP contribution in [0, 0.1) is 0 Å². The van der Waals surface area contributed by atoms with Gasteiger partial charge in [0.1, 0.15) is 18.8 Å². The van der Waals surface area contributed by atoms with Crippen molar-refractivity contribution in [2.75, 3.05) is 13.2 Å². The SMILES string of the molecule is CCCCC/C=C\C/C=C\CCCCCCCC(=O)OC1C(OCC(COC(=O)CCCCCCCCCCCCCCCCCCCCC)OC(=O)CCCCCCCCC/C=C\CCCCCCCC)OC(C(=O)O)C(O)C1O. The Morgan fingerprint density at radius 3 is 1.15 bits per heavy atom. The summed E-state index contributed by atoms with van der Waals surface area (Å²) in [4.78, 5) is 51.4. The number of hydrogen-bond acceptors (Lipinski definition) is 11. The van der Waals surface area contributed by atoms with Crippen LogP contribution in [0.5, 0.6) is 0 Å². The maximum atomic E-state index is 13.2. The van der Waals surface area contributed by atoms with E-state index < -0.39 is 67.3 Å². The Balaban J connectivity index is 2.64. The molecule has 12 nitrogen and oxygen atoms in total. The molecule has 12 heteroatoms. The molecule has 472 valence electrons. The third-order valence-electron chi connectivity index (χ3n) is 15.7. The van der Waals surface area contributed by atoms with Gasteiger partial charge in [0.2, 0.25) is 0 Å². The summed E-state index contributed by atoms with van der Waals surface area (Å²) in [7, 11) is 0. The lowest BCUT2D eigenvalue weighted by Crippen LogP contribution is -2.61. The Kier molecular flexibility index (Phi) is 53.8. The molecule has 6 unspecified atom stereocenters. The minimum Gasteiger partial charge on any atom is -0.479 e. The number of ether oxygens (including phenoxy) is 5. The molecule has 1 saturated heterocycles. The van der Waals surface area contributed by atoms with Crippen LogP contribution < -0.4 is 0 Å². The quantitative estimate of drug-likeness (QED) is 0.0228. The number of carbonyl (C=O) groups excluding carboxylic acids is 3.